The van der Waals surface area contributed by atoms with Gasteiger partial charge in [0.15, 0.2) is 11.5 Å². The first-order valence-electron chi connectivity index (χ1n) is 11.3. The Bertz CT molecular complexity index is 1450. The van der Waals surface area contributed by atoms with E-state index in [1.165, 1.54) is 26.6 Å². The summed E-state index contributed by atoms with van der Waals surface area (Å²) in [7, 11) is 3.05. The molecule has 9 nitrogen and oxygen atoms in total. The van der Waals surface area contributed by atoms with E-state index in [0.717, 1.165) is 0 Å². The van der Waals surface area contributed by atoms with Crippen molar-refractivity contribution in [3.8, 4) is 17.2 Å². The van der Waals surface area contributed by atoms with E-state index in [1.807, 2.05) is 13.8 Å². The lowest BCUT2D eigenvalue weighted by Crippen LogP contribution is -2.17. The first kappa shape index (κ1) is 24.6. The Balaban J connectivity index is 1.87. The molecular formula is C27H26N4O5. The lowest BCUT2D eigenvalue weighted by Gasteiger charge is -2.15. The number of fused-ring (bicyclic) bond motifs is 1. The first-order valence-corrected chi connectivity index (χ1v) is 11.3. The lowest BCUT2D eigenvalue weighted by atomic mass is 9.96. The van der Waals surface area contributed by atoms with Crippen LogP contribution in [0, 0.1) is 0 Å². The van der Waals surface area contributed by atoms with Crippen LogP contribution in [0.3, 0.4) is 0 Å². The number of hydrogen-bond donors (Lipinski definition) is 1. The number of pyridine rings is 1. The molecule has 2 aromatic carbocycles. The maximum atomic E-state index is 13.6. The van der Waals surface area contributed by atoms with Crippen molar-refractivity contribution in [2.75, 3.05) is 14.2 Å². The molecule has 9 heteroatoms. The summed E-state index contributed by atoms with van der Waals surface area (Å²) in [6.45, 7) is 3.84. The summed E-state index contributed by atoms with van der Waals surface area (Å²) in [5.41, 5.74) is 7.36. The molecular weight excluding hydrogens is 460 g/mol. The maximum Gasteiger partial charge on any atom is 0.269 e. The Hall–Kier alpha value is -4.53. The van der Waals surface area contributed by atoms with Crippen LogP contribution < -0.4 is 19.9 Å². The Labute approximate surface area is 208 Å². The van der Waals surface area contributed by atoms with Gasteiger partial charge in [-0.1, -0.05) is 12.1 Å². The van der Waals surface area contributed by atoms with Crippen LogP contribution in [0.5, 0.6) is 17.2 Å². The molecule has 1 amide bonds. The lowest BCUT2D eigenvalue weighted by molar-refractivity contribution is 0.0992. The van der Waals surface area contributed by atoms with E-state index >= 15 is 0 Å². The third-order valence-corrected chi connectivity index (χ3v) is 5.52. The van der Waals surface area contributed by atoms with Gasteiger partial charge in [-0.05, 0) is 49.1 Å². The van der Waals surface area contributed by atoms with Crippen LogP contribution in [0.25, 0.3) is 10.8 Å². The quantitative estimate of drug-likeness (QED) is 0.355. The van der Waals surface area contributed by atoms with Gasteiger partial charge in [0.1, 0.15) is 17.1 Å². The molecule has 0 aliphatic carbocycles. The normalized spacial score (nSPS) is 10.9. The highest BCUT2D eigenvalue weighted by atomic mass is 16.5. The minimum atomic E-state index is -0.676. The molecule has 0 aliphatic heterocycles. The number of primary amides is 1. The number of ketones is 1. The van der Waals surface area contributed by atoms with E-state index in [0.29, 0.717) is 44.8 Å². The van der Waals surface area contributed by atoms with Gasteiger partial charge < -0.3 is 19.9 Å². The van der Waals surface area contributed by atoms with E-state index in [-0.39, 0.29) is 29.7 Å². The van der Waals surface area contributed by atoms with Crippen molar-refractivity contribution in [3.05, 3.63) is 83.2 Å². The summed E-state index contributed by atoms with van der Waals surface area (Å²) in [5.74, 6) is 0.581. The van der Waals surface area contributed by atoms with Crippen LogP contribution in [0.15, 0.2) is 55.0 Å². The Morgan fingerprint density at radius 1 is 0.917 bits per heavy atom. The van der Waals surface area contributed by atoms with Gasteiger partial charge in [-0.15, -0.1) is 0 Å². The highest BCUT2D eigenvalue weighted by Crippen LogP contribution is 2.36. The van der Waals surface area contributed by atoms with E-state index in [1.54, 1.807) is 42.6 Å². The minimum Gasteiger partial charge on any atom is -0.493 e. The molecule has 0 aliphatic rings. The van der Waals surface area contributed by atoms with Crippen molar-refractivity contribution >= 4 is 22.5 Å². The smallest absolute Gasteiger partial charge is 0.269 e. The summed E-state index contributed by atoms with van der Waals surface area (Å²) in [6, 6.07) is 10.5. The molecule has 4 rings (SSSR count). The number of aromatic nitrogens is 3. The fourth-order valence-electron chi connectivity index (χ4n) is 3.95. The first-order chi connectivity index (χ1) is 17.3. The van der Waals surface area contributed by atoms with Gasteiger partial charge in [-0.25, -0.2) is 4.98 Å². The highest BCUT2D eigenvalue weighted by Gasteiger charge is 2.21. The van der Waals surface area contributed by atoms with Gasteiger partial charge >= 0.3 is 0 Å². The molecule has 36 heavy (non-hydrogen) atoms. The molecule has 2 N–H and O–H groups in total. The minimum absolute atomic E-state index is 0.0308. The predicted octanol–water partition coefficient (Wildman–Crippen LogP) is 3.75. The topological polar surface area (TPSA) is 127 Å². The van der Waals surface area contributed by atoms with Gasteiger partial charge in [-0.3, -0.25) is 19.6 Å². The van der Waals surface area contributed by atoms with Crippen LogP contribution in [-0.4, -0.2) is 47.0 Å². The number of carbonyl (C=O) groups is 2. The number of hydrogen-bond acceptors (Lipinski definition) is 8. The van der Waals surface area contributed by atoms with Crippen molar-refractivity contribution < 1.29 is 23.8 Å². The SMILES string of the molecule is COc1cc2c(Cc3nccnc3C(N)=O)cnc(C(=O)c3cccc(OC(C)C)c3)c2cc1OC. The standard InChI is InChI=1S/C27H26N4O5/c1-15(2)36-18-7-5-6-16(10-18)26(32)24-20-13-23(35-4)22(34-3)12-19(20)17(14-31-24)11-21-25(27(28)33)30-9-8-29-21/h5-10,12-15H,11H2,1-4H3,(H2,28,33). The Morgan fingerprint density at radius 2 is 1.61 bits per heavy atom. The van der Waals surface area contributed by atoms with Crippen molar-refractivity contribution in [1.29, 1.82) is 0 Å². The molecule has 0 spiro atoms. The van der Waals surface area contributed by atoms with E-state index < -0.39 is 5.91 Å². The number of ether oxygens (including phenoxy) is 3. The summed E-state index contributed by atoms with van der Waals surface area (Å²) in [6.07, 6.45) is 4.68. The number of nitrogens with zero attached hydrogens (tertiary/aromatic N) is 3. The molecule has 0 bridgehead atoms. The van der Waals surface area contributed by atoms with Crippen molar-refractivity contribution in [3.63, 3.8) is 0 Å². The maximum absolute atomic E-state index is 13.6. The zero-order chi connectivity index (χ0) is 25.8. The van der Waals surface area contributed by atoms with E-state index in [4.69, 9.17) is 19.9 Å². The second-order valence-corrected chi connectivity index (χ2v) is 8.30. The average molecular weight is 487 g/mol. The van der Waals surface area contributed by atoms with E-state index in [2.05, 4.69) is 15.0 Å². The van der Waals surface area contributed by atoms with Crippen molar-refractivity contribution in [2.24, 2.45) is 5.73 Å². The fraction of sp³-hybridized carbons (Fsp3) is 0.222. The second-order valence-electron chi connectivity index (χ2n) is 8.30. The highest BCUT2D eigenvalue weighted by molar-refractivity contribution is 6.16. The van der Waals surface area contributed by atoms with Gasteiger partial charge in [0.25, 0.3) is 5.91 Å². The number of amides is 1. The number of carbonyl (C=O) groups excluding carboxylic acids is 2. The molecule has 0 fully saturated rings. The Kier molecular flexibility index (Phi) is 7.10. The average Bonchev–Trinajstić information content (AvgIpc) is 2.87. The largest absolute Gasteiger partial charge is 0.493 e. The fourth-order valence-corrected chi connectivity index (χ4v) is 3.95. The van der Waals surface area contributed by atoms with Crippen molar-refractivity contribution in [2.45, 2.75) is 26.4 Å². The molecule has 2 heterocycles. The summed E-state index contributed by atoms with van der Waals surface area (Å²) < 4.78 is 16.7. The van der Waals surface area contributed by atoms with Gasteiger partial charge in [0, 0.05) is 36.0 Å². The zero-order valence-electron chi connectivity index (χ0n) is 20.4. The number of rotatable bonds is 9. The molecule has 0 radical (unpaired) electrons. The summed E-state index contributed by atoms with van der Waals surface area (Å²) in [5, 5.41) is 1.26. The molecule has 0 atom stereocenters. The zero-order valence-corrected chi connectivity index (χ0v) is 20.4. The summed E-state index contributed by atoms with van der Waals surface area (Å²) in [4.78, 5) is 38.3. The molecule has 4 aromatic rings. The van der Waals surface area contributed by atoms with Crippen LogP contribution in [-0.2, 0) is 6.42 Å². The molecule has 184 valence electrons. The predicted molar refractivity (Wildman–Crippen MR) is 134 cm³/mol. The van der Waals surface area contributed by atoms with Gasteiger partial charge in [-0.2, -0.15) is 0 Å². The van der Waals surface area contributed by atoms with Crippen LogP contribution in [0.2, 0.25) is 0 Å². The monoisotopic (exact) mass is 486 g/mol. The van der Waals surface area contributed by atoms with Gasteiger partial charge in [0.05, 0.1) is 26.0 Å². The third-order valence-electron chi connectivity index (χ3n) is 5.52. The second kappa shape index (κ2) is 10.4. The van der Waals surface area contributed by atoms with Gasteiger partial charge in [0.2, 0.25) is 5.78 Å². The third kappa shape index (κ3) is 4.95. The molecule has 0 unspecified atom stereocenters. The van der Waals surface area contributed by atoms with Crippen LogP contribution in [0.4, 0.5) is 0 Å². The molecule has 2 aromatic heterocycles. The molecule has 0 saturated heterocycles. The molecule has 0 saturated carbocycles. The van der Waals surface area contributed by atoms with Crippen LogP contribution >= 0.6 is 0 Å². The van der Waals surface area contributed by atoms with E-state index in [9.17, 15) is 9.59 Å². The number of benzene rings is 2. The summed E-state index contributed by atoms with van der Waals surface area (Å²) >= 11 is 0. The van der Waals surface area contributed by atoms with Crippen molar-refractivity contribution in [1.82, 2.24) is 15.0 Å². The number of methoxy groups -OCH3 is 2. The number of nitrogens with two attached hydrogens (primary N) is 1. The Morgan fingerprint density at radius 3 is 2.28 bits per heavy atom. The van der Waals surface area contributed by atoms with Crippen LogP contribution in [0.1, 0.15) is 51.6 Å².